The molecule has 256 valence electrons. The lowest BCUT2D eigenvalue weighted by molar-refractivity contribution is -0.0366. The van der Waals surface area contributed by atoms with Crippen molar-refractivity contribution in [1.29, 1.82) is 0 Å². The fraction of sp³-hybridized carbons (Fsp3) is 0.600. The van der Waals surface area contributed by atoms with E-state index < -0.39 is 5.60 Å². The number of rotatable bonds is 9. The van der Waals surface area contributed by atoms with Gasteiger partial charge in [0.15, 0.2) is 12.0 Å². The summed E-state index contributed by atoms with van der Waals surface area (Å²) in [6, 6.07) is 8.06. The van der Waals surface area contributed by atoms with Crippen molar-refractivity contribution in [1.82, 2.24) is 39.9 Å². The van der Waals surface area contributed by atoms with Crippen LogP contribution in [-0.4, -0.2) is 91.0 Å². The smallest absolute Gasteiger partial charge is 0.410 e. The second kappa shape index (κ2) is 13.7. The Balaban J connectivity index is 1.04. The maximum atomic E-state index is 13.3. The Bertz CT molecular complexity index is 1700. The van der Waals surface area contributed by atoms with Crippen LogP contribution in [0, 0.1) is 5.92 Å². The van der Waals surface area contributed by atoms with E-state index in [0.29, 0.717) is 19.0 Å². The minimum absolute atomic E-state index is 0.0784. The molecule has 1 amide bonds. The molecule has 2 saturated heterocycles. The van der Waals surface area contributed by atoms with Crippen LogP contribution in [0.4, 0.5) is 10.6 Å². The number of benzene rings is 1. The molecule has 5 heterocycles. The third-order valence-corrected chi connectivity index (χ3v) is 9.67. The van der Waals surface area contributed by atoms with Gasteiger partial charge >= 0.3 is 6.09 Å². The first-order chi connectivity index (χ1) is 23.2. The van der Waals surface area contributed by atoms with Gasteiger partial charge in [0.2, 0.25) is 0 Å². The van der Waals surface area contributed by atoms with Crippen molar-refractivity contribution >= 4 is 22.8 Å². The summed E-state index contributed by atoms with van der Waals surface area (Å²) in [5.41, 5.74) is 2.83. The SMILES string of the molecule is COc1cc(-c2cn(Cc3ccc(N4CCC[C@@H](N(CC5CCC5)C(=O)OC(C)(C)C)C4)nn3)nn2)c2cnn(C3CCCCO3)c2c1. The normalized spacial score (nSPS) is 20.5. The second-order valence-corrected chi connectivity index (χ2v) is 14.4. The van der Waals surface area contributed by atoms with Gasteiger partial charge in [-0.25, -0.2) is 14.2 Å². The number of carbonyl (C=O) groups excluding carboxylic acids is 1. The van der Waals surface area contributed by atoms with Gasteiger partial charge in [0.1, 0.15) is 17.0 Å². The van der Waals surface area contributed by atoms with Crippen LogP contribution < -0.4 is 9.64 Å². The Hall–Kier alpha value is -4.26. The Morgan fingerprint density at radius 1 is 1.04 bits per heavy atom. The molecule has 7 rings (SSSR count). The lowest BCUT2D eigenvalue weighted by atomic mass is 9.84. The lowest BCUT2D eigenvalue weighted by Crippen LogP contribution is -2.53. The first-order valence-corrected chi connectivity index (χ1v) is 17.4. The highest BCUT2D eigenvalue weighted by atomic mass is 16.6. The zero-order chi connectivity index (χ0) is 33.3. The van der Waals surface area contributed by atoms with E-state index in [1.165, 1.54) is 19.3 Å². The summed E-state index contributed by atoms with van der Waals surface area (Å²) in [5, 5.41) is 23.7. The van der Waals surface area contributed by atoms with E-state index in [0.717, 1.165) is 91.2 Å². The number of carbonyl (C=O) groups is 1. The van der Waals surface area contributed by atoms with Crippen molar-refractivity contribution in [2.45, 2.75) is 96.6 Å². The van der Waals surface area contributed by atoms with E-state index in [4.69, 9.17) is 19.3 Å². The van der Waals surface area contributed by atoms with E-state index in [9.17, 15) is 4.79 Å². The maximum Gasteiger partial charge on any atom is 0.410 e. The number of amides is 1. The lowest BCUT2D eigenvalue weighted by Gasteiger charge is -2.42. The molecule has 3 aromatic heterocycles. The maximum absolute atomic E-state index is 13.3. The van der Waals surface area contributed by atoms with E-state index >= 15 is 0 Å². The van der Waals surface area contributed by atoms with Gasteiger partial charge in [-0.3, -0.25) is 0 Å². The molecule has 2 aliphatic heterocycles. The molecular formula is C35H47N9O4. The van der Waals surface area contributed by atoms with Gasteiger partial charge in [-0.05, 0) is 89.8 Å². The average molecular weight is 658 g/mol. The molecule has 0 bridgehead atoms. The molecule has 1 aliphatic carbocycles. The summed E-state index contributed by atoms with van der Waals surface area (Å²) in [7, 11) is 1.67. The van der Waals surface area contributed by atoms with Crippen molar-refractivity contribution in [2.75, 3.05) is 38.3 Å². The zero-order valence-corrected chi connectivity index (χ0v) is 28.5. The minimum atomic E-state index is -0.525. The Morgan fingerprint density at radius 3 is 2.62 bits per heavy atom. The first-order valence-electron chi connectivity index (χ1n) is 17.4. The van der Waals surface area contributed by atoms with Crippen molar-refractivity contribution in [3.05, 3.63) is 42.4 Å². The zero-order valence-electron chi connectivity index (χ0n) is 28.5. The monoisotopic (exact) mass is 657 g/mol. The van der Waals surface area contributed by atoms with Gasteiger partial charge < -0.3 is 24.0 Å². The molecule has 0 N–H and O–H groups in total. The highest BCUT2D eigenvalue weighted by Crippen LogP contribution is 2.35. The molecule has 0 spiro atoms. The topological polar surface area (TPSA) is 126 Å². The van der Waals surface area contributed by atoms with Gasteiger partial charge in [-0.1, -0.05) is 11.6 Å². The number of hydrogen-bond acceptors (Lipinski definition) is 10. The summed E-state index contributed by atoms with van der Waals surface area (Å²) in [6.07, 6.45) is 12.2. The largest absolute Gasteiger partial charge is 0.497 e. The summed E-state index contributed by atoms with van der Waals surface area (Å²) in [4.78, 5) is 17.5. The third kappa shape index (κ3) is 7.11. The van der Waals surface area contributed by atoms with Gasteiger partial charge in [0.25, 0.3) is 0 Å². The number of ether oxygens (including phenoxy) is 3. The molecule has 4 aromatic rings. The van der Waals surface area contributed by atoms with Crippen molar-refractivity contribution in [3.8, 4) is 17.0 Å². The van der Waals surface area contributed by atoms with Crippen LogP contribution in [0.5, 0.6) is 5.75 Å². The fourth-order valence-electron chi connectivity index (χ4n) is 6.93. The number of fused-ring (bicyclic) bond motifs is 1. The van der Waals surface area contributed by atoms with Gasteiger partial charge in [0.05, 0.1) is 43.3 Å². The Morgan fingerprint density at radius 2 is 1.92 bits per heavy atom. The predicted molar refractivity (Wildman–Crippen MR) is 181 cm³/mol. The Kier molecular flexibility index (Phi) is 9.21. The molecule has 48 heavy (non-hydrogen) atoms. The second-order valence-electron chi connectivity index (χ2n) is 14.4. The van der Waals surface area contributed by atoms with Gasteiger partial charge in [-0.15, -0.1) is 10.2 Å². The number of anilines is 1. The van der Waals surface area contributed by atoms with Crippen LogP contribution in [0.15, 0.2) is 36.7 Å². The molecule has 3 aliphatic rings. The van der Waals surface area contributed by atoms with Crippen molar-refractivity contribution < 1.29 is 19.0 Å². The average Bonchev–Trinajstić information content (AvgIpc) is 3.71. The first kappa shape index (κ1) is 32.3. The van der Waals surface area contributed by atoms with Crippen LogP contribution in [-0.2, 0) is 16.0 Å². The molecule has 13 heteroatoms. The minimum Gasteiger partial charge on any atom is -0.497 e. The van der Waals surface area contributed by atoms with E-state index in [-0.39, 0.29) is 18.4 Å². The number of aromatic nitrogens is 7. The summed E-state index contributed by atoms with van der Waals surface area (Å²) in [6.45, 7) is 9.31. The van der Waals surface area contributed by atoms with Crippen LogP contribution in [0.25, 0.3) is 22.2 Å². The molecule has 1 saturated carbocycles. The van der Waals surface area contributed by atoms with Crippen LogP contribution in [0.1, 0.15) is 84.1 Å². The summed E-state index contributed by atoms with van der Waals surface area (Å²) in [5.74, 6) is 2.10. The molecule has 0 radical (unpaired) electrons. The third-order valence-electron chi connectivity index (χ3n) is 9.67. The van der Waals surface area contributed by atoms with Gasteiger partial charge in [0, 0.05) is 43.3 Å². The standard InChI is InChI=1S/C35H47N9O4/c1-35(2,3)48-34(45)43(20-24-9-7-10-24)26-11-8-15-41(22-26)32-14-13-25(37-39-32)21-42-23-30(38-40-42)28-17-27(46-4)18-31-29(28)19-36-44(31)33-12-5-6-16-47-33/h13-14,17-19,23-24,26,33H,5-12,15-16,20-22H2,1-4H3/t26-,33?/m1/s1. The number of hydrogen-bond donors (Lipinski definition) is 0. The molecule has 2 atom stereocenters. The molecule has 1 aromatic carbocycles. The Labute approximate surface area is 281 Å². The van der Waals surface area contributed by atoms with Crippen LogP contribution in [0.2, 0.25) is 0 Å². The highest BCUT2D eigenvalue weighted by Gasteiger charge is 2.35. The molecule has 13 nitrogen and oxygen atoms in total. The van der Waals surface area contributed by atoms with E-state index in [2.05, 4.69) is 25.4 Å². The summed E-state index contributed by atoms with van der Waals surface area (Å²) >= 11 is 0. The fourth-order valence-corrected chi connectivity index (χ4v) is 6.93. The van der Waals surface area contributed by atoms with E-state index in [1.807, 2.05) is 67.0 Å². The van der Waals surface area contributed by atoms with Crippen LogP contribution in [0.3, 0.4) is 0 Å². The summed E-state index contributed by atoms with van der Waals surface area (Å²) < 4.78 is 21.2. The molecule has 3 fully saturated rings. The predicted octanol–water partition coefficient (Wildman–Crippen LogP) is 5.85. The van der Waals surface area contributed by atoms with Crippen LogP contribution >= 0.6 is 0 Å². The van der Waals surface area contributed by atoms with Crippen molar-refractivity contribution in [3.63, 3.8) is 0 Å². The molecule has 1 unspecified atom stereocenters. The number of methoxy groups -OCH3 is 1. The highest BCUT2D eigenvalue weighted by molar-refractivity contribution is 5.95. The molecular weight excluding hydrogens is 610 g/mol. The number of nitrogens with zero attached hydrogens (tertiary/aromatic N) is 9. The van der Waals surface area contributed by atoms with Crippen molar-refractivity contribution in [2.24, 2.45) is 5.92 Å². The quantitative estimate of drug-likeness (QED) is 0.217. The van der Waals surface area contributed by atoms with E-state index in [1.54, 1.807) is 11.8 Å². The van der Waals surface area contributed by atoms with Gasteiger partial charge in [-0.2, -0.15) is 10.2 Å². The number of piperidine rings is 1.